The number of hydrogen-bond acceptors (Lipinski definition) is 8. The minimum absolute atomic E-state index is 0.0267. The second-order valence-corrected chi connectivity index (χ2v) is 10.7. The average Bonchev–Trinajstić information content (AvgIpc) is 3.43. The van der Waals surface area contributed by atoms with Gasteiger partial charge in [-0.25, -0.2) is 9.67 Å². The molecule has 0 unspecified atom stereocenters. The lowest BCUT2D eigenvalue weighted by Crippen LogP contribution is -2.43. The summed E-state index contributed by atoms with van der Waals surface area (Å²) in [7, 11) is 1.56. The van der Waals surface area contributed by atoms with Gasteiger partial charge in [-0.15, -0.1) is 0 Å². The lowest BCUT2D eigenvalue weighted by molar-refractivity contribution is -0.123. The van der Waals surface area contributed by atoms with Crippen molar-refractivity contribution in [2.75, 3.05) is 33.4 Å². The van der Waals surface area contributed by atoms with E-state index in [0.29, 0.717) is 54.9 Å². The van der Waals surface area contributed by atoms with Crippen LogP contribution in [0.3, 0.4) is 0 Å². The van der Waals surface area contributed by atoms with Crippen molar-refractivity contribution in [2.45, 2.75) is 33.0 Å². The van der Waals surface area contributed by atoms with Gasteiger partial charge in [-0.05, 0) is 36.2 Å². The molecule has 11 heteroatoms. The topological polar surface area (TPSA) is 124 Å². The van der Waals surface area contributed by atoms with Gasteiger partial charge in [-0.3, -0.25) is 19.5 Å². The third-order valence-corrected chi connectivity index (χ3v) is 7.17. The van der Waals surface area contributed by atoms with E-state index < -0.39 is 6.04 Å². The van der Waals surface area contributed by atoms with Gasteiger partial charge < -0.3 is 20.1 Å². The Labute approximate surface area is 251 Å². The molecule has 2 aromatic heterocycles. The van der Waals surface area contributed by atoms with Gasteiger partial charge in [0.15, 0.2) is 23.1 Å². The highest BCUT2D eigenvalue weighted by molar-refractivity contribution is 5.94. The summed E-state index contributed by atoms with van der Waals surface area (Å²) in [6, 6.07) is 20.1. The predicted molar refractivity (Wildman–Crippen MR) is 162 cm³/mol. The number of nitrogens with zero attached hydrogens (tertiary/aromatic N) is 5. The number of carbonyl (C=O) groups excluding carboxylic acids is 2. The SMILES string of the molecule is COc1ccc2cc1OCCn1nc(-c3ccccc3)nc1[C@@H](C(C)C)NC(=O)CN(Cc1ccccn1)CCNC2=O. The number of pyridine rings is 1. The van der Waals surface area contributed by atoms with Crippen LogP contribution in [0.25, 0.3) is 11.4 Å². The molecule has 0 radical (unpaired) electrons. The first-order valence-electron chi connectivity index (χ1n) is 14.4. The molecule has 3 heterocycles. The van der Waals surface area contributed by atoms with E-state index in [1.54, 1.807) is 36.2 Å². The molecule has 0 saturated heterocycles. The molecule has 2 N–H and O–H groups in total. The van der Waals surface area contributed by atoms with Crippen molar-refractivity contribution < 1.29 is 19.1 Å². The summed E-state index contributed by atoms with van der Waals surface area (Å²) in [6.07, 6.45) is 1.73. The number of rotatable bonds is 5. The molecule has 1 atom stereocenters. The Morgan fingerprint density at radius 3 is 2.58 bits per heavy atom. The zero-order chi connectivity index (χ0) is 30.2. The Kier molecular flexibility index (Phi) is 9.63. The zero-order valence-electron chi connectivity index (χ0n) is 24.7. The Bertz CT molecular complexity index is 1530. The highest BCUT2D eigenvalue weighted by Gasteiger charge is 2.27. The van der Waals surface area contributed by atoms with Crippen molar-refractivity contribution in [3.05, 3.63) is 90.0 Å². The highest BCUT2D eigenvalue weighted by atomic mass is 16.5. The normalized spacial score (nSPS) is 16.9. The van der Waals surface area contributed by atoms with E-state index in [-0.39, 0.29) is 30.9 Å². The lowest BCUT2D eigenvalue weighted by atomic mass is 10.0. The van der Waals surface area contributed by atoms with E-state index in [1.165, 1.54) is 0 Å². The third kappa shape index (κ3) is 7.55. The molecule has 2 amide bonds. The van der Waals surface area contributed by atoms with Crippen LogP contribution < -0.4 is 20.1 Å². The standard InChI is InChI=1S/C32H37N7O4/c1-22(2)29-31-36-30(23-9-5-4-6-10-23)37-39(31)17-18-43-27-19-24(12-13-26(27)42-3)32(41)34-15-16-38(21-28(40)35-29)20-25-11-7-8-14-33-25/h4-14,19,22,29H,15-18,20-21H2,1-3H3,(H,34,41)(H,35,40)/t29-/m1/s1. The van der Waals surface area contributed by atoms with E-state index in [0.717, 1.165) is 11.3 Å². The van der Waals surface area contributed by atoms with Crippen LogP contribution in [0.4, 0.5) is 0 Å². The Morgan fingerprint density at radius 1 is 1.02 bits per heavy atom. The Balaban J connectivity index is 1.50. The quantitative estimate of drug-likeness (QED) is 0.366. The summed E-state index contributed by atoms with van der Waals surface area (Å²) in [5.41, 5.74) is 2.15. The summed E-state index contributed by atoms with van der Waals surface area (Å²) in [6.45, 7) is 6.03. The van der Waals surface area contributed by atoms with Crippen LogP contribution in [0.2, 0.25) is 0 Å². The summed E-state index contributed by atoms with van der Waals surface area (Å²) < 4.78 is 13.4. The molecule has 0 fully saturated rings. The fourth-order valence-electron chi connectivity index (χ4n) is 4.95. The molecule has 43 heavy (non-hydrogen) atoms. The number of nitrogens with one attached hydrogen (secondary N) is 2. The second kappa shape index (κ2) is 13.9. The molecular weight excluding hydrogens is 546 g/mol. The van der Waals surface area contributed by atoms with Crippen molar-refractivity contribution in [3.63, 3.8) is 0 Å². The van der Waals surface area contributed by atoms with E-state index in [4.69, 9.17) is 19.6 Å². The summed E-state index contributed by atoms with van der Waals surface area (Å²) >= 11 is 0. The van der Waals surface area contributed by atoms with E-state index in [1.807, 2.05) is 67.3 Å². The van der Waals surface area contributed by atoms with Gasteiger partial charge in [0, 0.05) is 37.0 Å². The molecule has 0 aliphatic carbocycles. The van der Waals surface area contributed by atoms with Gasteiger partial charge in [-0.2, -0.15) is 5.10 Å². The fourth-order valence-corrected chi connectivity index (χ4v) is 4.95. The van der Waals surface area contributed by atoms with Gasteiger partial charge >= 0.3 is 0 Å². The monoisotopic (exact) mass is 583 g/mol. The van der Waals surface area contributed by atoms with Crippen molar-refractivity contribution in [3.8, 4) is 22.9 Å². The number of amides is 2. The molecule has 1 aliphatic rings. The van der Waals surface area contributed by atoms with Crippen molar-refractivity contribution in [1.82, 2.24) is 35.3 Å². The number of ether oxygens (including phenoxy) is 2. The molecule has 0 spiro atoms. The van der Waals surface area contributed by atoms with E-state index >= 15 is 0 Å². The van der Waals surface area contributed by atoms with E-state index in [2.05, 4.69) is 15.6 Å². The molecule has 0 saturated carbocycles. The Hall–Kier alpha value is -4.77. The van der Waals surface area contributed by atoms with Gasteiger partial charge in [-0.1, -0.05) is 50.2 Å². The highest BCUT2D eigenvalue weighted by Crippen LogP contribution is 2.29. The van der Waals surface area contributed by atoms with Crippen molar-refractivity contribution >= 4 is 11.8 Å². The number of aromatic nitrogens is 4. The first-order valence-corrected chi connectivity index (χ1v) is 14.4. The van der Waals surface area contributed by atoms with Crippen molar-refractivity contribution in [1.29, 1.82) is 0 Å². The minimum atomic E-state index is -0.401. The minimum Gasteiger partial charge on any atom is -0.493 e. The maximum atomic E-state index is 13.5. The number of fused-ring (bicyclic) bond motifs is 3. The third-order valence-electron chi connectivity index (χ3n) is 7.17. The fraction of sp³-hybridized carbons (Fsp3) is 0.344. The van der Waals surface area contributed by atoms with Crippen LogP contribution in [0.5, 0.6) is 11.5 Å². The van der Waals surface area contributed by atoms with Crippen LogP contribution in [0, 0.1) is 5.92 Å². The van der Waals surface area contributed by atoms with Gasteiger partial charge in [0.25, 0.3) is 5.91 Å². The number of carbonyl (C=O) groups is 2. The first-order chi connectivity index (χ1) is 20.9. The maximum absolute atomic E-state index is 13.5. The molecule has 4 aromatic rings. The smallest absolute Gasteiger partial charge is 0.251 e. The lowest BCUT2D eigenvalue weighted by Gasteiger charge is -2.25. The van der Waals surface area contributed by atoms with Crippen LogP contribution in [0.15, 0.2) is 72.9 Å². The first kappa shape index (κ1) is 29.7. The van der Waals surface area contributed by atoms with Crippen molar-refractivity contribution in [2.24, 2.45) is 5.92 Å². The largest absolute Gasteiger partial charge is 0.493 e. The molecule has 2 aromatic carbocycles. The summed E-state index contributed by atoms with van der Waals surface area (Å²) in [4.78, 5) is 37.9. The van der Waals surface area contributed by atoms with Crippen LogP contribution in [-0.4, -0.2) is 69.8 Å². The van der Waals surface area contributed by atoms with Crippen LogP contribution in [-0.2, 0) is 17.9 Å². The molecule has 2 bridgehead atoms. The number of benzene rings is 2. The van der Waals surface area contributed by atoms with Gasteiger partial charge in [0.2, 0.25) is 5.91 Å². The predicted octanol–water partition coefficient (Wildman–Crippen LogP) is 3.49. The number of hydrogen-bond donors (Lipinski definition) is 2. The summed E-state index contributed by atoms with van der Waals surface area (Å²) in [5.74, 6) is 1.81. The molecule has 5 rings (SSSR count). The molecule has 224 valence electrons. The maximum Gasteiger partial charge on any atom is 0.251 e. The van der Waals surface area contributed by atoms with Crippen LogP contribution in [0.1, 0.15) is 41.8 Å². The zero-order valence-corrected chi connectivity index (χ0v) is 24.7. The van der Waals surface area contributed by atoms with Gasteiger partial charge in [0.05, 0.1) is 31.9 Å². The van der Waals surface area contributed by atoms with E-state index in [9.17, 15) is 9.59 Å². The average molecular weight is 584 g/mol. The molecule has 1 aliphatic heterocycles. The number of methoxy groups -OCH3 is 1. The Morgan fingerprint density at radius 2 is 1.84 bits per heavy atom. The second-order valence-electron chi connectivity index (χ2n) is 10.7. The molecular formula is C32H37N7O4. The molecule has 11 nitrogen and oxygen atoms in total. The van der Waals surface area contributed by atoms with Crippen LogP contribution >= 0.6 is 0 Å². The van der Waals surface area contributed by atoms with Gasteiger partial charge in [0.1, 0.15) is 6.61 Å². The summed E-state index contributed by atoms with van der Waals surface area (Å²) in [5, 5.41) is 11.0.